The Morgan fingerprint density at radius 3 is 2.70 bits per heavy atom. The first-order valence-corrected chi connectivity index (χ1v) is 9.68. The van der Waals surface area contributed by atoms with E-state index >= 15 is 0 Å². The molecule has 30 heavy (non-hydrogen) atoms. The lowest BCUT2D eigenvalue weighted by Gasteiger charge is -2.36. The molecule has 0 bridgehead atoms. The third-order valence-corrected chi connectivity index (χ3v) is 4.76. The van der Waals surface area contributed by atoms with E-state index in [1.54, 1.807) is 0 Å². The number of hydrogen-bond acceptors (Lipinski definition) is 6. The molecule has 0 unspecified atom stereocenters. The SMILES string of the molecule is O=C(NCC[C@H]1CC[C@H](NC(=O)c2cnccn2)[C@H](CO)O1)Nc1ccc(F)cc1. The molecule has 1 aliphatic heterocycles. The van der Waals surface area contributed by atoms with Gasteiger partial charge in [0.2, 0.25) is 0 Å². The molecule has 3 atom stereocenters. The van der Waals surface area contributed by atoms with Crippen molar-refractivity contribution in [3.63, 3.8) is 0 Å². The summed E-state index contributed by atoms with van der Waals surface area (Å²) in [5.41, 5.74) is 0.692. The highest BCUT2D eigenvalue weighted by molar-refractivity contribution is 5.92. The number of hydrogen-bond donors (Lipinski definition) is 4. The van der Waals surface area contributed by atoms with E-state index in [2.05, 4.69) is 25.9 Å². The van der Waals surface area contributed by atoms with Gasteiger partial charge in [-0.3, -0.25) is 9.78 Å². The molecule has 4 N–H and O–H groups in total. The fraction of sp³-hybridized carbons (Fsp3) is 0.400. The van der Waals surface area contributed by atoms with Gasteiger partial charge in [0, 0.05) is 24.6 Å². The van der Waals surface area contributed by atoms with Crippen LogP contribution in [0.1, 0.15) is 29.8 Å². The standard InChI is InChI=1S/C20H24FN5O4/c21-13-1-3-14(4-2-13)25-20(29)24-8-7-15-5-6-16(18(12-27)30-15)26-19(28)17-11-22-9-10-23-17/h1-4,9-11,15-16,18,27H,5-8,12H2,(H,26,28)(H2,24,25,29)/t15-,16+,18+/m1/s1. The number of amides is 3. The second-order valence-corrected chi connectivity index (χ2v) is 6.90. The number of nitrogens with one attached hydrogen (secondary N) is 3. The van der Waals surface area contributed by atoms with E-state index in [1.165, 1.54) is 42.9 Å². The Labute approximate surface area is 173 Å². The fourth-order valence-corrected chi connectivity index (χ4v) is 3.22. The zero-order valence-electron chi connectivity index (χ0n) is 16.3. The van der Waals surface area contributed by atoms with Crippen molar-refractivity contribution in [2.24, 2.45) is 0 Å². The first-order chi connectivity index (χ1) is 14.5. The normalized spacial score (nSPS) is 20.9. The van der Waals surface area contributed by atoms with E-state index in [4.69, 9.17) is 4.74 Å². The number of aliphatic hydroxyl groups excluding tert-OH is 1. The van der Waals surface area contributed by atoms with E-state index in [1.807, 2.05) is 0 Å². The number of carbonyl (C=O) groups is 2. The lowest BCUT2D eigenvalue weighted by atomic mass is 9.97. The Bertz CT molecular complexity index is 837. The molecule has 2 heterocycles. The van der Waals surface area contributed by atoms with Crippen molar-refractivity contribution in [3.8, 4) is 0 Å². The molecule has 3 rings (SSSR count). The van der Waals surface area contributed by atoms with Crippen molar-refractivity contribution in [1.82, 2.24) is 20.6 Å². The van der Waals surface area contributed by atoms with Crippen LogP contribution < -0.4 is 16.0 Å². The minimum absolute atomic E-state index is 0.155. The lowest BCUT2D eigenvalue weighted by molar-refractivity contribution is -0.0892. The fourth-order valence-electron chi connectivity index (χ4n) is 3.22. The average Bonchev–Trinajstić information content (AvgIpc) is 2.77. The largest absolute Gasteiger partial charge is 0.394 e. The van der Waals surface area contributed by atoms with E-state index in [9.17, 15) is 19.1 Å². The van der Waals surface area contributed by atoms with Gasteiger partial charge in [-0.1, -0.05) is 0 Å². The van der Waals surface area contributed by atoms with Gasteiger partial charge in [0.25, 0.3) is 5.91 Å². The number of nitrogens with zero attached hydrogens (tertiary/aromatic N) is 2. The molecule has 1 fully saturated rings. The maximum atomic E-state index is 12.9. The highest BCUT2D eigenvalue weighted by atomic mass is 19.1. The van der Waals surface area contributed by atoms with Gasteiger partial charge >= 0.3 is 6.03 Å². The van der Waals surface area contributed by atoms with Crippen LogP contribution in [0.15, 0.2) is 42.9 Å². The summed E-state index contributed by atoms with van der Waals surface area (Å²) in [6.45, 7) is 0.132. The second-order valence-electron chi connectivity index (χ2n) is 6.90. The number of aliphatic hydroxyl groups is 1. The summed E-state index contributed by atoms with van der Waals surface area (Å²) in [7, 11) is 0. The topological polar surface area (TPSA) is 125 Å². The van der Waals surface area contributed by atoms with Crippen LogP contribution in [0.3, 0.4) is 0 Å². The van der Waals surface area contributed by atoms with Gasteiger partial charge in [-0.15, -0.1) is 0 Å². The van der Waals surface area contributed by atoms with Crippen molar-refractivity contribution >= 4 is 17.6 Å². The van der Waals surface area contributed by atoms with Crippen LogP contribution in [-0.4, -0.2) is 58.4 Å². The Morgan fingerprint density at radius 1 is 1.20 bits per heavy atom. The monoisotopic (exact) mass is 417 g/mol. The number of benzene rings is 1. The van der Waals surface area contributed by atoms with E-state index in [-0.39, 0.29) is 36.2 Å². The molecule has 2 aromatic rings. The highest BCUT2D eigenvalue weighted by Crippen LogP contribution is 2.22. The molecule has 0 saturated carbocycles. The van der Waals surface area contributed by atoms with Crippen LogP contribution in [0.5, 0.6) is 0 Å². The summed E-state index contributed by atoms with van der Waals surface area (Å²) in [5.74, 6) is -0.743. The zero-order valence-corrected chi connectivity index (χ0v) is 16.3. The number of aromatic nitrogens is 2. The van der Waals surface area contributed by atoms with Crippen LogP contribution in [0.25, 0.3) is 0 Å². The molecule has 1 aromatic carbocycles. The van der Waals surface area contributed by atoms with Crippen LogP contribution >= 0.6 is 0 Å². The van der Waals surface area contributed by atoms with Gasteiger partial charge in [-0.2, -0.15) is 0 Å². The summed E-state index contributed by atoms with van der Waals surface area (Å²) in [4.78, 5) is 32.0. The molecule has 1 saturated heterocycles. The number of carbonyl (C=O) groups excluding carboxylic acids is 2. The number of ether oxygens (including phenoxy) is 1. The van der Waals surface area contributed by atoms with Crippen molar-refractivity contribution in [2.45, 2.75) is 37.5 Å². The molecule has 10 heteroatoms. The maximum Gasteiger partial charge on any atom is 0.319 e. The number of rotatable bonds is 7. The Kier molecular flexibility index (Phi) is 7.63. The third-order valence-electron chi connectivity index (χ3n) is 4.76. The Hall–Kier alpha value is -3.11. The Balaban J connectivity index is 1.40. The third kappa shape index (κ3) is 6.19. The van der Waals surface area contributed by atoms with Gasteiger partial charge in [-0.05, 0) is 43.5 Å². The summed E-state index contributed by atoms with van der Waals surface area (Å²) in [5, 5.41) is 17.8. The molecule has 0 aliphatic carbocycles. The molecular formula is C20H24FN5O4. The molecule has 9 nitrogen and oxygen atoms in total. The number of urea groups is 1. The summed E-state index contributed by atoms with van der Waals surface area (Å²) in [6, 6.07) is 4.74. The Morgan fingerprint density at radius 2 is 2.00 bits per heavy atom. The summed E-state index contributed by atoms with van der Waals surface area (Å²) < 4.78 is 18.8. The van der Waals surface area contributed by atoms with E-state index < -0.39 is 12.1 Å². The van der Waals surface area contributed by atoms with Gasteiger partial charge in [0.1, 0.15) is 17.6 Å². The predicted octanol–water partition coefficient (Wildman–Crippen LogP) is 1.47. The molecule has 1 aliphatic rings. The first kappa shape index (κ1) is 21.6. The molecule has 0 spiro atoms. The van der Waals surface area contributed by atoms with Crippen LogP contribution in [0.4, 0.5) is 14.9 Å². The van der Waals surface area contributed by atoms with Crippen LogP contribution in [-0.2, 0) is 4.74 Å². The van der Waals surface area contributed by atoms with Gasteiger partial charge in [0.05, 0.1) is 24.9 Å². The van der Waals surface area contributed by atoms with Gasteiger partial charge in [-0.25, -0.2) is 14.2 Å². The lowest BCUT2D eigenvalue weighted by Crippen LogP contribution is -2.51. The van der Waals surface area contributed by atoms with E-state index in [0.717, 1.165) is 0 Å². The molecule has 3 amide bonds. The quantitative estimate of drug-likeness (QED) is 0.541. The molecule has 0 radical (unpaired) electrons. The number of anilines is 1. The van der Waals surface area contributed by atoms with Crippen molar-refractivity contribution in [1.29, 1.82) is 0 Å². The minimum atomic E-state index is -0.544. The highest BCUT2D eigenvalue weighted by Gasteiger charge is 2.32. The smallest absolute Gasteiger partial charge is 0.319 e. The van der Waals surface area contributed by atoms with Gasteiger partial charge < -0.3 is 25.8 Å². The molecular weight excluding hydrogens is 393 g/mol. The predicted molar refractivity (Wildman–Crippen MR) is 106 cm³/mol. The first-order valence-electron chi connectivity index (χ1n) is 9.68. The summed E-state index contributed by atoms with van der Waals surface area (Å²) in [6.07, 6.45) is 5.44. The number of halogens is 1. The van der Waals surface area contributed by atoms with E-state index in [0.29, 0.717) is 31.5 Å². The average molecular weight is 417 g/mol. The molecule has 1 aromatic heterocycles. The van der Waals surface area contributed by atoms with Gasteiger partial charge in [0.15, 0.2) is 0 Å². The van der Waals surface area contributed by atoms with Crippen molar-refractivity contribution in [2.75, 3.05) is 18.5 Å². The van der Waals surface area contributed by atoms with Crippen molar-refractivity contribution < 1.29 is 23.8 Å². The molecule has 160 valence electrons. The van der Waals surface area contributed by atoms with Crippen LogP contribution in [0, 0.1) is 5.82 Å². The van der Waals surface area contributed by atoms with Crippen molar-refractivity contribution in [3.05, 3.63) is 54.4 Å². The zero-order chi connectivity index (χ0) is 21.3. The van der Waals surface area contributed by atoms with Crippen LogP contribution in [0.2, 0.25) is 0 Å². The maximum absolute atomic E-state index is 12.9. The second kappa shape index (κ2) is 10.6. The minimum Gasteiger partial charge on any atom is -0.394 e. The summed E-state index contributed by atoms with van der Waals surface area (Å²) >= 11 is 0.